The van der Waals surface area contributed by atoms with Gasteiger partial charge >= 0.3 is 0 Å². The lowest BCUT2D eigenvalue weighted by Crippen LogP contribution is -2.42. The second-order valence-corrected chi connectivity index (χ2v) is 14.5. The summed E-state index contributed by atoms with van der Waals surface area (Å²) >= 11 is 1.55. The normalized spacial score (nSPS) is 16.4. The van der Waals surface area contributed by atoms with Crippen molar-refractivity contribution < 1.29 is 14.3 Å². The van der Waals surface area contributed by atoms with E-state index in [1.807, 2.05) is 67.8 Å². The molecule has 1 fully saturated rings. The maximum Gasteiger partial charge on any atom is 0.237 e. The zero-order valence-electron chi connectivity index (χ0n) is 30.1. The summed E-state index contributed by atoms with van der Waals surface area (Å²) in [4.78, 5) is 37.6. The molecule has 13 heteroatoms. The first kappa shape index (κ1) is 35.3. The third-order valence-electron chi connectivity index (χ3n) is 9.60. The molecule has 7 rings (SSSR count). The van der Waals surface area contributed by atoms with Crippen LogP contribution in [0, 0.1) is 5.92 Å². The predicted molar refractivity (Wildman–Crippen MR) is 206 cm³/mol. The number of pyridine rings is 1. The van der Waals surface area contributed by atoms with Crippen molar-refractivity contribution in [2.75, 3.05) is 56.0 Å². The first-order chi connectivity index (χ1) is 25.3. The monoisotopic (exact) mass is 719 g/mol. The number of anilines is 2. The molecule has 5 heterocycles. The van der Waals surface area contributed by atoms with E-state index in [1.165, 1.54) is 11.1 Å². The molecule has 2 amide bonds. The second kappa shape index (κ2) is 15.6. The van der Waals surface area contributed by atoms with Crippen molar-refractivity contribution in [1.29, 1.82) is 0 Å². The summed E-state index contributed by atoms with van der Waals surface area (Å²) < 4.78 is 5.70. The summed E-state index contributed by atoms with van der Waals surface area (Å²) in [5.74, 6) is 0.587. The first-order valence-electron chi connectivity index (χ1n) is 18.1. The van der Waals surface area contributed by atoms with Crippen molar-refractivity contribution in [3.63, 3.8) is 0 Å². The largest absolute Gasteiger partial charge is 0.475 e. The van der Waals surface area contributed by atoms with Crippen LogP contribution in [-0.4, -0.2) is 98.9 Å². The highest BCUT2D eigenvalue weighted by atomic mass is 32.1. The zero-order valence-corrected chi connectivity index (χ0v) is 30.9. The summed E-state index contributed by atoms with van der Waals surface area (Å²) in [5, 5.41) is 22.0. The summed E-state index contributed by atoms with van der Waals surface area (Å²) in [6, 6.07) is 18.2. The molecule has 0 radical (unpaired) electrons. The predicted octanol–water partition coefficient (Wildman–Crippen LogP) is 6.35. The molecule has 52 heavy (non-hydrogen) atoms. The van der Waals surface area contributed by atoms with Crippen LogP contribution in [0.5, 0.6) is 5.88 Å². The maximum atomic E-state index is 13.9. The molecular formula is C39H45N9O3S. The van der Waals surface area contributed by atoms with Crippen molar-refractivity contribution in [2.45, 2.75) is 46.6 Å². The molecule has 270 valence electrons. The van der Waals surface area contributed by atoms with E-state index in [2.05, 4.69) is 65.9 Å². The molecule has 5 aromatic rings. The van der Waals surface area contributed by atoms with Gasteiger partial charge in [0.05, 0.1) is 24.1 Å². The Hall–Kier alpha value is -5.14. The molecule has 0 bridgehead atoms. The van der Waals surface area contributed by atoms with E-state index < -0.39 is 0 Å². The van der Waals surface area contributed by atoms with Gasteiger partial charge in [-0.2, -0.15) is 5.10 Å². The van der Waals surface area contributed by atoms with E-state index >= 15 is 0 Å². The number of carbonyl (C=O) groups is 2. The first-order valence-corrected chi connectivity index (χ1v) is 18.9. The van der Waals surface area contributed by atoms with E-state index in [-0.39, 0.29) is 23.8 Å². The molecule has 0 spiro atoms. The van der Waals surface area contributed by atoms with Crippen LogP contribution in [0.15, 0.2) is 66.9 Å². The lowest BCUT2D eigenvalue weighted by Gasteiger charge is -2.29. The molecular weight excluding hydrogens is 675 g/mol. The second-order valence-electron chi connectivity index (χ2n) is 13.5. The fraction of sp³-hybridized carbons (Fsp3) is 0.385. The molecule has 2 aliphatic heterocycles. The smallest absolute Gasteiger partial charge is 0.237 e. The maximum absolute atomic E-state index is 13.9. The zero-order chi connectivity index (χ0) is 36.2. The Labute approximate surface area is 307 Å². The number of aromatic nitrogens is 5. The van der Waals surface area contributed by atoms with Gasteiger partial charge in [0.15, 0.2) is 0 Å². The Kier molecular flexibility index (Phi) is 10.6. The Morgan fingerprint density at radius 3 is 2.56 bits per heavy atom. The Morgan fingerprint density at radius 2 is 1.85 bits per heavy atom. The highest BCUT2D eigenvalue weighted by Crippen LogP contribution is 2.32. The van der Waals surface area contributed by atoms with Gasteiger partial charge in [0, 0.05) is 67.2 Å². The van der Waals surface area contributed by atoms with Crippen LogP contribution in [0.1, 0.15) is 46.1 Å². The number of H-pyrrole nitrogens is 1. The summed E-state index contributed by atoms with van der Waals surface area (Å²) in [7, 11) is 0. The third kappa shape index (κ3) is 7.70. The Balaban J connectivity index is 0.940. The topological polar surface area (TPSA) is 132 Å². The molecule has 12 nitrogen and oxygen atoms in total. The highest BCUT2D eigenvalue weighted by molar-refractivity contribution is 7.18. The van der Waals surface area contributed by atoms with Gasteiger partial charge in [0.25, 0.3) is 0 Å². The number of carbonyl (C=O) groups excluding carboxylic acids is 2. The average Bonchev–Trinajstić information content (AvgIpc) is 3.93. The van der Waals surface area contributed by atoms with Crippen molar-refractivity contribution in [2.24, 2.45) is 5.92 Å². The van der Waals surface area contributed by atoms with Gasteiger partial charge < -0.3 is 19.9 Å². The molecule has 0 aliphatic carbocycles. The van der Waals surface area contributed by atoms with Gasteiger partial charge in [-0.3, -0.25) is 19.6 Å². The number of hydrogen-bond acceptors (Lipinski definition) is 10. The van der Waals surface area contributed by atoms with Crippen LogP contribution in [0.4, 0.5) is 10.8 Å². The van der Waals surface area contributed by atoms with Crippen LogP contribution < -0.4 is 15.0 Å². The quantitative estimate of drug-likeness (QED) is 0.151. The summed E-state index contributed by atoms with van der Waals surface area (Å²) in [6.45, 7) is 12.2. The number of nitrogens with one attached hydrogen (secondary N) is 2. The number of likely N-dealkylation sites (tertiary alicyclic amines) is 1. The molecule has 1 atom stereocenters. The molecule has 1 unspecified atom stereocenters. The van der Waals surface area contributed by atoms with Crippen molar-refractivity contribution in [3.05, 3.63) is 72.4 Å². The number of amides is 2. The lowest BCUT2D eigenvalue weighted by atomic mass is 9.98. The van der Waals surface area contributed by atoms with Crippen LogP contribution >= 0.6 is 11.3 Å². The van der Waals surface area contributed by atoms with E-state index in [4.69, 9.17) is 4.74 Å². The van der Waals surface area contributed by atoms with Gasteiger partial charge in [-0.05, 0) is 82.5 Å². The minimum absolute atomic E-state index is 0.0412. The lowest BCUT2D eigenvalue weighted by molar-refractivity contribution is -0.132. The van der Waals surface area contributed by atoms with Crippen LogP contribution in [0.25, 0.3) is 38.3 Å². The molecule has 2 N–H and O–H groups in total. The molecule has 2 aliphatic rings. The highest BCUT2D eigenvalue weighted by Gasteiger charge is 2.33. The van der Waals surface area contributed by atoms with Gasteiger partial charge in [-0.15, -0.1) is 10.2 Å². The standard InChI is InChI=1S/C39H45N9O3S/c1-5-40-39-45-44-37(52-39)28-9-7-26(8-10-28)27-16-19-47(20-17-27)35(49)24-46-18-15-30(23-46)38(50)48(6-2)31-12-13-33-32(21-31)36(43-42-33)29-11-14-34(41-22-29)51-25(3)4/h7-14,16,21-22,25,30H,5-6,15,17-20,23-24H2,1-4H3,(H,40,45)(H,42,43). The average molecular weight is 720 g/mol. The molecule has 3 aromatic heterocycles. The minimum Gasteiger partial charge on any atom is -0.475 e. The number of fused-ring (bicyclic) bond motifs is 1. The third-order valence-corrected chi connectivity index (χ3v) is 10.5. The van der Waals surface area contributed by atoms with Crippen molar-refractivity contribution in [1.82, 2.24) is 35.2 Å². The molecule has 1 saturated heterocycles. The van der Waals surface area contributed by atoms with E-state index in [0.717, 1.165) is 69.5 Å². The number of hydrogen-bond donors (Lipinski definition) is 2. The van der Waals surface area contributed by atoms with Crippen molar-refractivity contribution >= 4 is 50.4 Å². The molecule has 0 saturated carbocycles. The van der Waals surface area contributed by atoms with Crippen LogP contribution in [0.2, 0.25) is 0 Å². The number of benzene rings is 2. The van der Waals surface area contributed by atoms with Gasteiger partial charge in [0.2, 0.25) is 22.8 Å². The Bertz CT molecular complexity index is 2060. The fourth-order valence-electron chi connectivity index (χ4n) is 6.92. The molecule has 2 aromatic carbocycles. The van der Waals surface area contributed by atoms with Crippen LogP contribution in [0.3, 0.4) is 0 Å². The number of nitrogens with zero attached hydrogens (tertiary/aromatic N) is 7. The van der Waals surface area contributed by atoms with Gasteiger partial charge in [0.1, 0.15) is 10.7 Å². The van der Waals surface area contributed by atoms with Gasteiger partial charge in [-0.25, -0.2) is 4.98 Å². The Morgan fingerprint density at radius 1 is 1.04 bits per heavy atom. The van der Waals surface area contributed by atoms with E-state index in [0.29, 0.717) is 38.6 Å². The summed E-state index contributed by atoms with van der Waals surface area (Å²) in [5.41, 5.74) is 6.81. The summed E-state index contributed by atoms with van der Waals surface area (Å²) in [6.07, 6.45) is 5.50. The van der Waals surface area contributed by atoms with E-state index in [1.54, 1.807) is 17.5 Å². The fourth-order valence-corrected chi connectivity index (χ4v) is 7.74. The van der Waals surface area contributed by atoms with E-state index in [9.17, 15) is 9.59 Å². The number of rotatable bonds is 12. The number of ether oxygens (including phenoxy) is 1. The SMILES string of the molecule is CCNc1nnc(-c2ccc(C3=CCN(C(=O)CN4CCC(C(=O)N(CC)c5ccc6[nH]nc(-c7ccc(OC(C)C)nc7)c6c5)C4)CC3)cc2)s1. The minimum atomic E-state index is -0.171. The van der Waals surface area contributed by atoms with Crippen molar-refractivity contribution in [3.8, 4) is 27.7 Å². The van der Waals surface area contributed by atoms with Gasteiger partial charge in [-0.1, -0.05) is 41.7 Å². The van der Waals surface area contributed by atoms with Crippen LogP contribution in [-0.2, 0) is 9.59 Å². The number of aromatic amines is 1.